The van der Waals surface area contributed by atoms with Crippen LogP contribution in [0, 0.1) is 0 Å². The van der Waals surface area contributed by atoms with E-state index in [9.17, 15) is 13.2 Å². The number of hydrogen-bond acceptors (Lipinski definition) is 4. The van der Waals surface area contributed by atoms with Gasteiger partial charge >= 0.3 is 0 Å². The van der Waals surface area contributed by atoms with Gasteiger partial charge in [0.25, 0.3) is 0 Å². The Morgan fingerprint density at radius 2 is 1.64 bits per heavy atom. The Hall–Kier alpha value is -2.68. The van der Waals surface area contributed by atoms with Crippen molar-refractivity contribution >= 4 is 31.9 Å². The van der Waals surface area contributed by atoms with Gasteiger partial charge in [0.2, 0.25) is 15.9 Å². The molecule has 0 saturated heterocycles. The number of nitrogens with one attached hydrogen (secondary N) is 1. The molecular formula is C25H27BrN2O4S. The molecule has 174 valence electrons. The van der Waals surface area contributed by atoms with Crippen molar-refractivity contribution in [1.82, 2.24) is 9.62 Å². The lowest BCUT2D eigenvalue weighted by Gasteiger charge is -2.23. The summed E-state index contributed by atoms with van der Waals surface area (Å²) in [5, 5.41) is 2.90. The van der Waals surface area contributed by atoms with Crippen LogP contribution < -0.4 is 10.1 Å². The standard InChI is InChI=1S/C25H27BrN2O4S/c1-3-32-23-13-15-24(16-14-23)33(30,31)28(17-20-7-5-4-6-8-20)18-25(29)27-19(2)21-9-11-22(26)12-10-21/h4-16,19H,3,17-18H2,1-2H3,(H,27,29)/t19-/m0/s1. The van der Waals surface area contributed by atoms with Gasteiger partial charge in [-0.25, -0.2) is 8.42 Å². The van der Waals surface area contributed by atoms with Crippen LogP contribution in [0.25, 0.3) is 0 Å². The molecule has 1 atom stereocenters. The molecule has 0 heterocycles. The summed E-state index contributed by atoms with van der Waals surface area (Å²) in [7, 11) is -3.92. The second-order valence-corrected chi connectivity index (χ2v) is 10.4. The Bertz CT molecular complexity index is 1150. The summed E-state index contributed by atoms with van der Waals surface area (Å²) in [4.78, 5) is 13.0. The molecule has 33 heavy (non-hydrogen) atoms. The second-order valence-electron chi connectivity index (χ2n) is 7.50. The van der Waals surface area contributed by atoms with Crippen LogP contribution in [-0.2, 0) is 21.4 Å². The number of halogens is 1. The van der Waals surface area contributed by atoms with Crippen molar-refractivity contribution < 1.29 is 17.9 Å². The van der Waals surface area contributed by atoms with Crippen LogP contribution >= 0.6 is 15.9 Å². The first-order chi connectivity index (χ1) is 15.8. The van der Waals surface area contributed by atoms with E-state index in [1.807, 2.05) is 68.4 Å². The fourth-order valence-electron chi connectivity index (χ4n) is 3.32. The van der Waals surface area contributed by atoms with E-state index in [1.54, 1.807) is 12.1 Å². The molecule has 1 N–H and O–H groups in total. The van der Waals surface area contributed by atoms with E-state index in [2.05, 4.69) is 21.2 Å². The Morgan fingerprint density at radius 3 is 2.24 bits per heavy atom. The Morgan fingerprint density at radius 1 is 1.00 bits per heavy atom. The maximum Gasteiger partial charge on any atom is 0.243 e. The second kappa shape index (κ2) is 11.4. The van der Waals surface area contributed by atoms with Gasteiger partial charge in [-0.15, -0.1) is 0 Å². The number of amides is 1. The van der Waals surface area contributed by atoms with Gasteiger partial charge in [-0.3, -0.25) is 4.79 Å². The quantitative estimate of drug-likeness (QED) is 0.403. The zero-order chi connectivity index (χ0) is 23.8. The molecule has 0 spiro atoms. The molecule has 3 rings (SSSR count). The van der Waals surface area contributed by atoms with Crippen molar-refractivity contribution in [1.29, 1.82) is 0 Å². The molecule has 0 unspecified atom stereocenters. The molecule has 0 aliphatic carbocycles. The highest BCUT2D eigenvalue weighted by atomic mass is 79.9. The summed E-state index contributed by atoms with van der Waals surface area (Å²) in [5.41, 5.74) is 1.72. The molecule has 8 heteroatoms. The third kappa shape index (κ3) is 6.90. The molecule has 0 aliphatic rings. The summed E-state index contributed by atoms with van der Waals surface area (Å²) in [6.45, 7) is 3.99. The number of carbonyl (C=O) groups is 1. The summed E-state index contributed by atoms with van der Waals surface area (Å²) in [6, 6.07) is 22.8. The topological polar surface area (TPSA) is 75.7 Å². The lowest BCUT2D eigenvalue weighted by atomic mass is 10.1. The van der Waals surface area contributed by atoms with Crippen molar-refractivity contribution in [2.75, 3.05) is 13.2 Å². The van der Waals surface area contributed by atoms with Gasteiger partial charge in [-0.1, -0.05) is 58.4 Å². The van der Waals surface area contributed by atoms with Crippen LogP contribution in [0.5, 0.6) is 5.75 Å². The molecule has 3 aromatic carbocycles. The van der Waals surface area contributed by atoms with E-state index in [4.69, 9.17) is 4.74 Å². The number of ether oxygens (including phenoxy) is 1. The Labute approximate surface area is 203 Å². The first-order valence-electron chi connectivity index (χ1n) is 10.6. The zero-order valence-corrected chi connectivity index (χ0v) is 21.0. The van der Waals surface area contributed by atoms with E-state index in [0.717, 1.165) is 15.6 Å². The van der Waals surface area contributed by atoms with E-state index >= 15 is 0 Å². The third-order valence-corrected chi connectivity index (χ3v) is 7.38. The molecule has 1 amide bonds. The van der Waals surface area contributed by atoms with Gasteiger partial charge in [0.1, 0.15) is 5.75 Å². The minimum absolute atomic E-state index is 0.0798. The van der Waals surface area contributed by atoms with Crippen molar-refractivity contribution in [3.05, 3.63) is 94.5 Å². The molecule has 3 aromatic rings. The average Bonchev–Trinajstić information content (AvgIpc) is 2.80. The summed E-state index contributed by atoms with van der Waals surface area (Å²) in [5.74, 6) is 0.211. The van der Waals surface area contributed by atoms with Crippen molar-refractivity contribution in [2.24, 2.45) is 0 Å². The zero-order valence-electron chi connectivity index (χ0n) is 18.6. The van der Waals surface area contributed by atoms with Crippen molar-refractivity contribution in [3.63, 3.8) is 0 Å². The van der Waals surface area contributed by atoms with Crippen LogP contribution in [0.1, 0.15) is 31.0 Å². The highest BCUT2D eigenvalue weighted by Gasteiger charge is 2.27. The molecule has 0 bridgehead atoms. The predicted molar refractivity (Wildman–Crippen MR) is 132 cm³/mol. The van der Waals surface area contributed by atoms with Gasteiger partial charge < -0.3 is 10.1 Å². The molecule has 0 aliphatic heterocycles. The van der Waals surface area contributed by atoms with Crippen molar-refractivity contribution in [2.45, 2.75) is 31.3 Å². The summed E-state index contributed by atoms with van der Waals surface area (Å²) in [6.07, 6.45) is 0. The molecule has 6 nitrogen and oxygen atoms in total. The van der Waals surface area contributed by atoms with Crippen LogP contribution in [0.3, 0.4) is 0 Å². The maximum absolute atomic E-state index is 13.4. The van der Waals surface area contributed by atoms with Gasteiger partial charge in [-0.2, -0.15) is 4.31 Å². The van der Waals surface area contributed by atoms with Crippen LogP contribution in [-0.4, -0.2) is 31.8 Å². The fraction of sp³-hybridized carbons (Fsp3) is 0.240. The Balaban J connectivity index is 1.81. The number of hydrogen-bond donors (Lipinski definition) is 1. The van der Waals surface area contributed by atoms with Crippen LogP contribution in [0.15, 0.2) is 88.2 Å². The van der Waals surface area contributed by atoms with E-state index < -0.39 is 10.0 Å². The largest absolute Gasteiger partial charge is 0.494 e. The minimum Gasteiger partial charge on any atom is -0.494 e. The molecule has 0 fully saturated rings. The van der Waals surface area contributed by atoms with Gasteiger partial charge in [0.15, 0.2) is 0 Å². The minimum atomic E-state index is -3.92. The number of sulfonamides is 1. The summed E-state index contributed by atoms with van der Waals surface area (Å²) >= 11 is 3.40. The molecular weight excluding hydrogens is 504 g/mol. The monoisotopic (exact) mass is 530 g/mol. The van der Waals surface area contributed by atoms with Gasteiger partial charge in [-0.05, 0) is 61.4 Å². The molecule has 0 aromatic heterocycles. The number of nitrogens with zero attached hydrogens (tertiary/aromatic N) is 1. The summed E-state index contributed by atoms with van der Waals surface area (Å²) < 4.78 is 34.4. The first-order valence-corrected chi connectivity index (χ1v) is 12.8. The van der Waals surface area contributed by atoms with Crippen molar-refractivity contribution in [3.8, 4) is 5.75 Å². The molecule has 0 radical (unpaired) electrons. The van der Waals surface area contributed by atoms with Crippen LogP contribution in [0.2, 0.25) is 0 Å². The normalized spacial score (nSPS) is 12.4. The van der Waals surface area contributed by atoms with E-state index in [-0.39, 0.29) is 29.9 Å². The van der Waals surface area contributed by atoms with E-state index in [0.29, 0.717) is 12.4 Å². The predicted octanol–water partition coefficient (Wildman–Crippen LogP) is 4.92. The van der Waals surface area contributed by atoms with E-state index in [1.165, 1.54) is 16.4 Å². The lowest BCUT2D eigenvalue weighted by Crippen LogP contribution is -2.41. The average molecular weight is 531 g/mol. The smallest absolute Gasteiger partial charge is 0.243 e. The maximum atomic E-state index is 13.4. The van der Waals surface area contributed by atoms with Gasteiger partial charge in [0, 0.05) is 11.0 Å². The number of benzene rings is 3. The van der Waals surface area contributed by atoms with Crippen LogP contribution in [0.4, 0.5) is 0 Å². The third-order valence-electron chi connectivity index (χ3n) is 5.04. The number of rotatable bonds is 10. The SMILES string of the molecule is CCOc1ccc(S(=O)(=O)N(CC(=O)N[C@@H](C)c2ccc(Br)cc2)Cc2ccccc2)cc1. The lowest BCUT2D eigenvalue weighted by molar-refractivity contribution is -0.122. The number of carbonyl (C=O) groups excluding carboxylic acids is 1. The highest BCUT2D eigenvalue weighted by molar-refractivity contribution is 9.10. The fourth-order valence-corrected chi connectivity index (χ4v) is 4.97. The highest BCUT2D eigenvalue weighted by Crippen LogP contribution is 2.22. The first kappa shape index (κ1) is 25.0. The Kier molecular flexibility index (Phi) is 8.66. The van der Waals surface area contributed by atoms with Gasteiger partial charge in [0.05, 0.1) is 24.1 Å². The molecule has 0 saturated carbocycles.